The number of allylic oxidation sites excluding steroid dienone is 3. The van der Waals surface area contributed by atoms with Crippen LogP contribution in [0.3, 0.4) is 0 Å². The first-order valence-corrected chi connectivity index (χ1v) is 6.44. The normalized spacial score (nSPS) is 12.6. The molecule has 1 nitrogen and oxygen atoms in total. The van der Waals surface area contributed by atoms with E-state index in [0.29, 0.717) is 6.42 Å². The monoisotopic (exact) mass is 222 g/mol. The van der Waals surface area contributed by atoms with Crippen LogP contribution in [0.2, 0.25) is 0 Å². The van der Waals surface area contributed by atoms with E-state index in [2.05, 4.69) is 33.4 Å². The molecule has 0 spiro atoms. The molecule has 0 aromatic rings. The van der Waals surface area contributed by atoms with Crippen molar-refractivity contribution in [3.8, 4) is 0 Å². The number of carbonyl (C=O) groups is 1. The molecule has 92 valence electrons. The molecule has 0 aromatic heterocycles. The SMILES string of the molecule is C=CCC(C=C(CC)C(=O)CC)(CC)CC. The average molecular weight is 222 g/mol. The molecule has 16 heavy (non-hydrogen) atoms. The van der Waals surface area contributed by atoms with Crippen LogP contribution in [0.5, 0.6) is 0 Å². The van der Waals surface area contributed by atoms with Crippen LogP contribution in [-0.4, -0.2) is 5.78 Å². The van der Waals surface area contributed by atoms with Crippen LogP contribution in [0.1, 0.15) is 59.8 Å². The number of ketones is 1. The van der Waals surface area contributed by atoms with E-state index < -0.39 is 0 Å². The first kappa shape index (κ1) is 15.2. The molecule has 1 heteroatoms. The molecule has 0 bridgehead atoms. The summed E-state index contributed by atoms with van der Waals surface area (Å²) in [4.78, 5) is 11.8. The van der Waals surface area contributed by atoms with Crippen LogP contribution >= 0.6 is 0 Å². The van der Waals surface area contributed by atoms with Crippen molar-refractivity contribution in [1.82, 2.24) is 0 Å². The van der Waals surface area contributed by atoms with Gasteiger partial charge in [0.2, 0.25) is 0 Å². The minimum atomic E-state index is 0.137. The Balaban J connectivity index is 5.12. The largest absolute Gasteiger partial charge is 0.295 e. The van der Waals surface area contributed by atoms with Gasteiger partial charge in [0.15, 0.2) is 5.78 Å². The summed E-state index contributed by atoms with van der Waals surface area (Å²) in [5.41, 5.74) is 1.13. The third-order valence-corrected chi connectivity index (χ3v) is 3.50. The molecule has 0 unspecified atom stereocenters. The van der Waals surface area contributed by atoms with E-state index in [0.717, 1.165) is 31.3 Å². The number of Topliss-reactive ketones (excluding diaryl/α,β-unsaturated/α-hetero) is 1. The van der Waals surface area contributed by atoms with Crippen LogP contribution in [0, 0.1) is 5.41 Å². The molecule has 0 saturated carbocycles. The summed E-state index contributed by atoms with van der Waals surface area (Å²) in [5.74, 6) is 0.290. The lowest BCUT2D eigenvalue weighted by molar-refractivity contribution is -0.115. The van der Waals surface area contributed by atoms with Gasteiger partial charge in [0.25, 0.3) is 0 Å². The molecule has 0 radical (unpaired) electrons. The topological polar surface area (TPSA) is 17.1 Å². The molecule has 0 aliphatic carbocycles. The van der Waals surface area contributed by atoms with E-state index in [1.54, 1.807) is 0 Å². The van der Waals surface area contributed by atoms with E-state index in [1.165, 1.54) is 0 Å². The Labute approximate surface area is 101 Å². The maximum atomic E-state index is 11.8. The maximum Gasteiger partial charge on any atom is 0.158 e. The van der Waals surface area contributed by atoms with Crippen molar-refractivity contribution >= 4 is 5.78 Å². The summed E-state index contributed by atoms with van der Waals surface area (Å²) in [5, 5.41) is 0. The molecule has 0 saturated heterocycles. The van der Waals surface area contributed by atoms with Gasteiger partial charge in [-0.1, -0.05) is 39.8 Å². The predicted octanol–water partition coefficient (Wildman–Crippen LogP) is 4.68. The minimum Gasteiger partial charge on any atom is -0.295 e. The molecule has 0 amide bonds. The quantitative estimate of drug-likeness (QED) is 0.430. The number of hydrogen-bond donors (Lipinski definition) is 0. The number of hydrogen-bond acceptors (Lipinski definition) is 1. The highest BCUT2D eigenvalue weighted by atomic mass is 16.1. The predicted molar refractivity (Wildman–Crippen MR) is 71.5 cm³/mol. The zero-order valence-electron chi connectivity index (χ0n) is 11.3. The Morgan fingerprint density at radius 2 is 1.69 bits per heavy atom. The van der Waals surface area contributed by atoms with Crippen molar-refractivity contribution < 1.29 is 4.79 Å². The van der Waals surface area contributed by atoms with Crippen LogP contribution < -0.4 is 0 Å². The van der Waals surface area contributed by atoms with E-state index in [1.807, 2.05) is 13.0 Å². The minimum absolute atomic E-state index is 0.137. The van der Waals surface area contributed by atoms with Gasteiger partial charge in [-0.05, 0) is 36.7 Å². The maximum absolute atomic E-state index is 11.8. The Hall–Kier alpha value is -0.850. The zero-order chi connectivity index (χ0) is 12.6. The molecule has 0 rings (SSSR count). The molecule has 0 aliphatic rings. The first-order chi connectivity index (χ1) is 7.59. The second kappa shape index (κ2) is 7.43. The number of rotatable bonds is 8. The van der Waals surface area contributed by atoms with Crippen LogP contribution in [0.4, 0.5) is 0 Å². The lowest BCUT2D eigenvalue weighted by Crippen LogP contribution is -2.17. The second-order valence-corrected chi connectivity index (χ2v) is 4.36. The van der Waals surface area contributed by atoms with Gasteiger partial charge in [0.1, 0.15) is 0 Å². The second-order valence-electron chi connectivity index (χ2n) is 4.36. The van der Waals surface area contributed by atoms with Crippen LogP contribution in [0.15, 0.2) is 24.3 Å². The van der Waals surface area contributed by atoms with Crippen molar-refractivity contribution in [1.29, 1.82) is 0 Å². The third kappa shape index (κ3) is 3.96. The Kier molecular flexibility index (Phi) is 7.03. The van der Waals surface area contributed by atoms with Gasteiger partial charge in [-0.2, -0.15) is 0 Å². The molecule has 0 atom stereocenters. The highest BCUT2D eigenvalue weighted by molar-refractivity contribution is 5.95. The summed E-state index contributed by atoms with van der Waals surface area (Å²) < 4.78 is 0. The fraction of sp³-hybridized carbons (Fsp3) is 0.667. The molecular weight excluding hydrogens is 196 g/mol. The average Bonchev–Trinajstić information content (AvgIpc) is 2.33. The van der Waals surface area contributed by atoms with E-state index in [-0.39, 0.29) is 11.2 Å². The fourth-order valence-corrected chi connectivity index (χ4v) is 2.07. The van der Waals surface area contributed by atoms with Gasteiger partial charge in [0, 0.05) is 6.42 Å². The lowest BCUT2D eigenvalue weighted by Gasteiger charge is -2.28. The van der Waals surface area contributed by atoms with Crippen LogP contribution in [0.25, 0.3) is 0 Å². The van der Waals surface area contributed by atoms with Gasteiger partial charge in [-0.15, -0.1) is 6.58 Å². The van der Waals surface area contributed by atoms with Crippen molar-refractivity contribution in [3.63, 3.8) is 0 Å². The zero-order valence-corrected chi connectivity index (χ0v) is 11.3. The standard InChI is InChI=1S/C15H26O/c1-6-11-15(9-4,10-5)12-13(7-2)14(16)8-3/h6,12H,1,7-11H2,2-5H3. The first-order valence-electron chi connectivity index (χ1n) is 6.44. The van der Waals surface area contributed by atoms with Gasteiger partial charge < -0.3 is 0 Å². The molecule has 0 heterocycles. The summed E-state index contributed by atoms with van der Waals surface area (Å²) >= 11 is 0. The van der Waals surface area contributed by atoms with Crippen molar-refractivity contribution in [3.05, 3.63) is 24.3 Å². The smallest absolute Gasteiger partial charge is 0.158 e. The third-order valence-electron chi connectivity index (χ3n) is 3.50. The van der Waals surface area contributed by atoms with E-state index in [9.17, 15) is 4.79 Å². The van der Waals surface area contributed by atoms with E-state index in [4.69, 9.17) is 0 Å². The molecule has 0 aliphatic heterocycles. The molecule has 0 N–H and O–H groups in total. The van der Waals surface area contributed by atoms with Crippen LogP contribution in [-0.2, 0) is 4.79 Å². The van der Waals surface area contributed by atoms with E-state index >= 15 is 0 Å². The summed E-state index contributed by atoms with van der Waals surface area (Å²) in [6, 6.07) is 0. The molecule has 0 fully saturated rings. The fourth-order valence-electron chi connectivity index (χ4n) is 2.07. The van der Waals surface area contributed by atoms with Crippen molar-refractivity contribution in [2.75, 3.05) is 0 Å². The molecule has 0 aromatic carbocycles. The highest BCUT2D eigenvalue weighted by Gasteiger charge is 2.23. The summed E-state index contributed by atoms with van der Waals surface area (Å²) in [7, 11) is 0. The van der Waals surface area contributed by atoms with Gasteiger partial charge in [0.05, 0.1) is 0 Å². The van der Waals surface area contributed by atoms with Gasteiger partial charge >= 0.3 is 0 Å². The van der Waals surface area contributed by atoms with Gasteiger partial charge in [-0.25, -0.2) is 0 Å². The Morgan fingerprint density at radius 1 is 1.12 bits per heavy atom. The van der Waals surface area contributed by atoms with Gasteiger partial charge in [-0.3, -0.25) is 4.79 Å². The van der Waals surface area contributed by atoms with Crippen molar-refractivity contribution in [2.45, 2.75) is 59.8 Å². The Bertz CT molecular complexity index is 257. The van der Waals surface area contributed by atoms with Crippen molar-refractivity contribution in [2.24, 2.45) is 5.41 Å². The highest BCUT2D eigenvalue weighted by Crippen LogP contribution is 2.34. The summed E-state index contributed by atoms with van der Waals surface area (Å²) in [6.45, 7) is 12.2. The summed E-state index contributed by atoms with van der Waals surface area (Å²) in [6.07, 6.45) is 8.71. The number of carbonyl (C=O) groups excluding carboxylic acids is 1. The molecular formula is C15H26O. The lowest BCUT2D eigenvalue weighted by atomic mass is 9.77. The Morgan fingerprint density at radius 3 is 2.00 bits per heavy atom.